The van der Waals surface area contributed by atoms with E-state index in [4.69, 9.17) is 11.6 Å². The number of anilines is 2. The molecule has 0 spiro atoms. The summed E-state index contributed by atoms with van der Waals surface area (Å²) in [5.74, 6) is 0. The minimum absolute atomic E-state index is 0.590. The maximum atomic E-state index is 5.98. The first-order valence-electron chi connectivity index (χ1n) is 5.52. The van der Waals surface area contributed by atoms with E-state index in [-0.39, 0.29) is 0 Å². The zero-order valence-electron chi connectivity index (χ0n) is 9.26. The summed E-state index contributed by atoms with van der Waals surface area (Å²) < 4.78 is 0. The molecule has 0 saturated heterocycles. The first kappa shape index (κ1) is 10.6. The average Bonchev–Trinajstić information content (AvgIpc) is 2.26. The van der Waals surface area contributed by atoms with Gasteiger partial charge in [-0.3, -0.25) is 0 Å². The topological polar surface area (TPSA) is 15.3 Å². The highest BCUT2D eigenvalue weighted by Crippen LogP contribution is 2.33. The molecule has 1 atom stereocenters. The first-order chi connectivity index (χ1) is 7.22. The van der Waals surface area contributed by atoms with Gasteiger partial charge in [-0.25, -0.2) is 0 Å². The molecule has 1 aromatic rings. The van der Waals surface area contributed by atoms with Gasteiger partial charge >= 0.3 is 0 Å². The van der Waals surface area contributed by atoms with Crippen molar-refractivity contribution in [1.82, 2.24) is 0 Å². The minimum Gasteiger partial charge on any atom is -0.382 e. The molecule has 0 fully saturated rings. The number of nitrogens with zero attached hydrogens (tertiary/aromatic N) is 1. The Kier molecular flexibility index (Phi) is 3.06. The number of fused-ring (bicyclic) bond motifs is 1. The van der Waals surface area contributed by atoms with E-state index in [1.807, 2.05) is 12.1 Å². The summed E-state index contributed by atoms with van der Waals surface area (Å²) in [7, 11) is 0. The largest absolute Gasteiger partial charge is 0.382 e. The Labute approximate surface area is 96.2 Å². The van der Waals surface area contributed by atoms with Gasteiger partial charge in [-0.05, 0) is 31.5 Å². The summed E-state index contributed by atoms with van der Waals surface area (Å²) in [6, 6.07) is 6.66. The zero-order valence-corrected chi connectivity index (χ0v) is 10.0. The van der Waals surface area contributed by atoms with Crippen molar-refractivity contribution in [2.24, 2.45) is 0 Å². The van der Waals surface area contributed by atoms with Crippen LogP contribution in [-0.4, -0.2) is 19.1 Å². The van der Waals surface area contributed by atoms with Gasteiger partial charge in [-0.15, -0.1) is 0 Å². The number of rotatable bonds is 2. The van der Waals surface area contributed by atoms with Crippen LogP contribution >= 0.6 is 11.6 Å². The minimum atomic E-state index is 0.590. The molecule has 0 aliphatic carbocycles. The summed E-state index contributed by atoms with van der Waals surface area (Å²) in [5, 5.41) is 4.18. The second-order valence-corrected chi connectivity index (χ2v) is 4.48. The number of hydrogen-bond acceptors (Lipinski definition) is 2. The highest BCUT2D eigenvalue weighted by molar-refractivity contribution is 6.31. The molecule has 0 aromatic heterocycles. The lowest BCUT2D eigenvalue weighted by Crippen LogP contribution is -2.40. The SMILES string of the molecule is CCC(C)N1CCNc2cc(Cl)ccc21. The fourth-order valence-corrected chi connectivity index (χ4v) is 2.18. The summed E-state index contributed by atoms with van der Waals surface area (Å²) in [6.45, 7) is 6.56. The molecular formula is C12H17ClN2. The average molecular weight is 225 g/mol. The smallest absolute Gasteiger partial charge is 0.0606 e. The van der Waals surface area contributed by atoms with Crippen molar-refractivity contribution >= 4 is 23.0 Å². The Morgan fingerprint density at radius 1 is 1.53 bits per heavy atom. The standard InChI is InChI=1S/C12H17ClN2/c1-3-9(2)15-7-6-14-11-8-10(13)4-5-12(11)15/h4-5,8-9,14H,3,6-7H2,1-2H3. The maximum Gasteiger partial charge on any atom is 0.0606 e. The predicted octanol–water partition coefficient (Wildman–Crippen LogP) is 3.37. The molecule has 0 saturated carbocycles. The van der Waals surface area contributed by atoms with Gasteiger partial charge in [0.1, 0.15) is 0 Å². The monoisotopic (exact) mass is 224 g/mol. The van der Waals surface area contributed by atoms with E-state index in [0.29, 0.717) is 6.04 Å². The molecule has 3 heteroatoms. The number of halogens is 1. The van der Waals surface area contributed by atoms with Gasteiger partial charge in [-0.1, -0.05) is 18.5 Å². The Bertz CT molecular complexity index is 351. The van der Waals surface area contributed by atoms with Gasteiger partial charge in [0.05, 0.1) is 11.4 Å². The molecule has 1 aliphatic heterocycles. The van der Waals surface area contributed by atoms with Crippen molar-refractivity contribution in [1.29, 1.82) is 0 Å². The third kappa shape index (κ3) is 2.05. The van der Waals surface area contributed by atoms with E-state index in [0.717, 1.165) is 23.8 Å². The normalized spacial score (nSPS) is 16.9. The number of hydrogen-bond donors (Lipinski definition) is 1. The Hall–Kier alpha value is -0.890. The molecule has 0 amide bonds. The van der Waals surface area contributed by atoms with Crippen molar-refractivity contribution in [3.63, 3.8) is 0 Å². The summed E-state index contributed by atoms with van der Waals surface area (Å²) >= 11 is 5.98. The van der Waals surface area contributed by atoms with Crippen LogP contribution in [0.1, 0.15) is 20.3 Å². The van der Waals surface area contributed by atoms with Crippen LogP contribution in [0.2, 0.25) is 5.02 Å². The Morgan fingerprint density at radius 3 is 3.07 bits per heavy atom. The van der Waals surface area contributed by atoms with E-state index in [1.165, 1.54) is 12.1 Å². The van der Waals surface area contributed by atoms with Gasteiger partial charge in [0.2, 0.25) is 0 Å². The van der Waals surface area contributed by atoms with Crippen molar-refractivity contribution in [3.8, 4) is 0 Å². The maximum absolute atomic E-state index is 5.98. The van der Waals surface area contributed by atoms with E-state index in [1.54, 1.807) is 0 Å². The fourth-order valence-electron chi connectivity index (χ4n) is 2.01. The zero-order chi connectivity index (χ0) is 10.8. The molecular weight excluding hydrogens is 208 g/mol. The van der Waals surface area contributed by atoms with Gasteiger partial charge in [0.15, 0.2) is 0 Å². The van der Waals surface area contributed by atoms with Crippen LogP contribution in [0.4, 0.5) is 11.4 Å². The Balaban J connectivity index is 2.34. The molecule has 1 N–H and O–H groups in total. The lowest BCUT2D eigenvalue weighted by atomic mass is 10.1. The first-order valence-corrected chi connectivity index (χ1v) is 5.90. The van der Waals surface area contributed by atoms with E-state index < -0.39 is 0 Å². The summed E-state index contributed by atoms with van der Waals surface area (Å²) in [6.07, 6.45) is 1.17. The van der Waals surface area contributed by atoms with Crippen LogP contribution in [0.3, 0.4) is 0 Å². The third-order valence-electron chi connectivity index (χ3n) is 3.06. The molecule has 1 aliphatic rings. The molecule has 0 bridgehead atoms. The predicted molar refractivity (Wildman–Crippen MR) is 67.0 cm³/mol. The molecule has 82 valence electrons. The number of benzene rings is 1. The van der Waals surface area contributed by atoms with Crippen LogP contribution in [-0.2, 0) is 0 Å². The van der Waals surface area contributed by atoms with Crippen LogP contribution in [0.5, 0.6) is 0 Å². The van der Waals surface area contributed by atoms with Crippen LogP contribution in [0.25, 0.3) is 0 Å². The molecule has 2 rings (SSSR count). The van der Waals surface area contributed by atoms with Crippen molar-refractivity contribution in [2.45, 2.75) is 26.3 Å². The molecule has 1 unspecified atom stereocenters. The van der Waals surface area contributed by atoms with Crippen LogP contribution in [0, 0.1) is 0 Å². The highest BCUT2D eigenvalue weighted by Gasteiger charge is 2.19. The van der Waals surface area contributed by atoms with Crippen LogP contribution < -0.4 is 10.2 Å². The van der Waals surface area contributed by atoms with Gasteiger partial charge in [-0.2, -0.15) is 0 Å². The highest BCUT2D eigenvalue weighted by atomic mass is 35.5. The second kappa shape index (κ2) is 4.31. The number of nitrogens with one attached hydrogen (secondary N) is 1. The third-order valence-corrected chi connectivity index (χ3v) is 3.29. The van der Waals surface area contributed by atoms with E-state index in [2.05, 4.69) is 30.1 Å². The van der Waals surface area contributed by atoms with Gasteiger partial charge in [0.25, 0.3) is 0 Å². The van der Waals surface area contributed by atoms with E-state index >= 15 is 0 Å². The molecule has 15 heavy (non-hydrogen) atoms. The van der Waals surface area contributed by atoms with Gasteiger partial charge < -0.3 is 10.2 Å². The molecule has 1 aromatic carbocycles. The van der Waals surface area contributed by atoms with Crippen molar-refractivity contribution in [2.75, 3.05) is 23.3 Å². The van der Waals surface area contributed by atoms with Crippen molar-refractivity contribution in [3.05, 3.63) is 23.2 Å². The summed E-state index contributed by atoms with van der Waals surface area (Å²) in [5.41, 5.74) is 2.44. The van der Waals surface area contributed by atoms with Crippen molar-refractivity contribution < 1.29 is 0 Å². The Morgan fingerprint density at radius 2 is 2.33 bits per heavy atom. The molecule has 2 nitrogen and oxygen atoms in total. The quantitative estimate of drug-likeness (QED) is 0.829. The van der Waals surface area contributed by atoms with Crippen LogP contribution in [0.15, 0.2) is 18.2 Å². The second-order valence-electron chi connectivity index (χ2n) is 4.04. The summed E-state index contributed by atoms with van der Waals surface area (Å²) in [4.78, 5) is 2.45. The molecule has 1 heterocycles. The lowest BCUT2D eigenvalue weighted by molar-refractivity contribution is 0.616. The fraction of sp³-hybridized carbons (Fsp3) is 0.500. The van der Waals surface area contributed by atoms with E-state index in [9.17, 15) is 0 Å². The molecule has 0 radical (unpaired) electrons. The van der Waals surface area contributed by atoms with Gasteiger partial charge in [0, 0.05) is 24.2 Å². The lowest BCUT2D eigenvalue weighted by Gasteiger charge is -2.36.